The van der Waals surface area contributed by atoms with Gasteiger partial charge in [0.2, 0.25) is 5.95 Å². The van der Waals surface area contributed by atoms with Crippen molar-refractivity contribution >= 4 is 22.9 Å². The standard InChI is InChI=1S/C18H17N7O2/c19-5-8-27-14-4-2-1-3-12(14)13-11-21-16-15(22-13)17(24-18(20)23-16)25-6-9-26-10-7-25/h1-4,11H,6-10H2,(H2,20,21,23,24). The minimum Gasteiger partial charge on any atom is -0.478 e. The van der Waals surface area contributed by atoms with Crippen LogP contribution in [0, 0.1) is 11.3 Å². The number of para-hydroxylation sites is 1. The number of nitrogen functional groups attached to an aromatic ring is 1. The van der Waals surface area contributed by atoms with Crippen LogP contribution in [0.5, 0.6) is 5.75 Å². The predicted molar refractivity (Wildman–Crippen MR) is 99.1 cm³/mol. The van der Waals surface area contributed by atoms with Crippen LogP contribution in [0.2, 0.25) is 0 Å². The van der Waals surface area contributed by atoms with Crippen LogP contribution in [-0.2, 0) is 4.74 Å². The molecule has 0 aliphatic carbocycles. The van der Waals surface area contributed by atoms with Gasteiger partial charge in [-0.1, -0.05) is 12.1 Å². The Hall–Kier alpha value is -3.51. The zero-order valence-electron chi connectivity index (χ0n) is 14.5. The first kappa shape index (κ1) is 16.9. The molecule has 136 valence electrons. The Kier molecular flexibility index (Phi) is 4.63. The molecule has 1 aliphatic heterocycles. The van der Waals surface area contributed by atoms with Crippen LogP contribution in [0.4, 0.5) is 11.8 Å². The Labute approximate surface area is 155 Å². The molecular formula is C18H17N7O2. The monoisotopic (exact) mass is 363 g/mol. The molecule has 0 saturated carbocycles. The molecule has 1 aliphatic rings. The zero-order chi connectivity index (χ0) is 18.6. The van der Waals surface area contributed by atoms with Crippen molar-refractivity contribution in [1.82, 2.24) is 19.9 Å². The van der Waals surface area contributed by atoms with Crippen LogP contribution < -0.4 is 15.4 Å². The van der Waals surface area contributed by atoms with Gasteiger partial charge in [-0.2, -0.15) is 15.2 Å². The number of aromatic nitrogens is 4. The number of ether oxygens (including phenoxy) is 2. The van der Waals surface area contributed by atoms with Crippen LogP contribution in [0.1, 0.15) is 0 Å². The van der Waals surface area contributed by atoms with E-state index < -0.39 is 0 Å². The number of hydrogen-bond donors (Lipinski definition) is 1. The number of hydrogen-bond acceptors (Lipinski definition) is 9. The van der Waals surface area contributed by atoms with Gasteiger partial charge in [-0.25, -0.2) is 9.97 Å². The van der Waals surface area contributed by atoms with E-state index in [2.05, 4.69) is 19.9 Å². The fourth-order valence-corrected chi connectivity index (χ4v) is 2.95. The van der Waals surface area contributed by atoms with E-state index in [0.717, 1.165) is 5.56 Å². The highest BCUT2D eigenvalue weighted by molar-refractivity contribution is 5.86. The van der Waals surface area contributed by atoms with Gasteiger partial charge in [-0.3, -0.25) is 0 Å². The van der Waals surface area contributed by atoms with Crippen LogP contribution in [-0.4, -0.2) is 52.8 Å². The summed E-state index contributed by atoms with van der Waals surface area (Å²) in [5.41, 5.74) is 8.22. The van der Waals surface area contributed by atoms with Crippen LogP contribution in [0.15, 0.2) is 30.5 Å². The Bertz CT molecular complexity index is 1010. The van der Waals surface area contributed by atoms with Crippen molar-refractivity contribution in [2.24, 2.45) is 0 Å². The normalized spacial score (nSPS) is 14.1. The number of nitrogens with zero attached hydrogens (tertiary/aromatic N) is 6. The predicted octanol–water partition coefficient (Wildman–Crippen LogP) is 1.41. The number of benzene rings is 1. The van der Waals surface area contributed by atoms with Gasteiger partial charge in [-0.15, -0.1) is 0 Å². The maximum Gasteiger partial charge on any atom is 0.224 e. The molecule has 0 unspecified atom stereocenters. The second kappa shape index (κ2) is 7.39. The number of fused-ring (bicyclic) bond motifs is 1. The largest absolute Gasteiger partial charge is 0.478 e. The molecule has 1 saturated heterocycles. The summed E-state index contributed by atoms with van der Waals surface area (Å²) in [7, 11) is 0. The molecule has 9 nitrogen and oxygen atoms in total. The summed E-state index contributed by atoms with van der Waals surface area (Å²) in [4.78, 5) is 19.8. The molecule has 0 radical (unpaired) electrons. The first-order valence-electron chi connectivity index (χ1n) is 8.48. The van der Waals surface area contributed by atoms with Crippen molar-refractivity contribution in [3.63, 3.8) is 0 Å². The zero-order valence-corrected chi connectivity index (χ0v) is 14.5. The van der Waals surface area contributed by atoms with Gasteiger partial charge < -0.3 is 20.1 Å². The third-order valence-electron chi connectivity index (χ3n) is 4.17. The topological polar surface area (TPSA) is 123 Å². The lowest BCUT2D eigenvalue weighted by Crippen LogP contribution is -2.37. The molecule has 2 N–H and O–H groups in total. The second-order valence-corrected chi connectivity index (χ2v) is 5.88. The van der Waals surface area contributed by atoms with Crippen LogP contribution in [0.3, 0.4) is 0 Å². The Morgan fingerprint density at radius 1 is 1.19 bits per heavy atom. The van der Waals surface area contributed by atoms with E-state index in [1.54, 1.807) is 12.3 Å². The molecule has 4 rings (SSSR count). The maximum absolute atomic E-state index is 8.79. The first-order valence-corrected chi connectivity index (χ1v) is 8.48. The lowest BCUT2D eigenvalue weighted by atomic mass is 10.1. The molecule has 27 heavy (non-hydrogen) atoms. The van der Waals surface area contributed by atoms with Crippen molar-refractivity contribution in [2.75, 3.05) is 43.5 Å². The van der Waals surface area contributed by atoms with Crippen molar-refractivity contribution in [3.8, 4) is 23.1 Å². The molecule has 3 heterocycles. The summed E-state index contributed by atoms with van der Waals surface area (Å²) in [6.45, 7) is 2.57. The molecule has 0 spiro atoms. The highest BCUT2D eigenvalue weighted by atomic mass is 16.5. The first-order chi connectivity index (χ1) is 13.3. The maximum atomic E-state index is 8.79. The van der Waals surface area contributed by atoms with Gasteiger partial charge in [-0.05, 0) is 12.1 Å². The van der Waals surface area contributed by atoms with Crippen molar-refractivity contribution < 1.29 is 9.47 Å². The van der Waals surface area contributed by atoms with E-state index in [9.17, 15) is 0 Å². The number of nitrogens with two attached hydrogens (primary N) is 1. The molecule has 0 bridgehead atoms. The molecule has 1 aromatic carbocycles. The van der Waals surface area contributed by atoms with Gasteiger partial charge in [0.25, 0.3) is 0 Å². The van der Waals surface area contributed by atoms with Crippen LogP contribution in [0.25, 0.3) is 22.4 Å². The number of anilines is 2. The van der Waals surface area contributed by atoms with E-state index in [0.29, 0.717) is 54.7 Å². The number of nitriles is 1. The lowest BCUT2D eigenvalue weighted by Gasteiger charge is -2.28. The fraction of sp³-hybridized carbons (Fsp3) is 0.278. The molecule has 3 aromatic rings. The number of rotatable bonds is 4. The van der Waals surface area contributed by atoms with E-state index in [1.807, 2.05) is 24.3 Å². The molecule has 0 amide bonds. The number of morpholine rings is 1. The summed E-state index contributed by atoms with van der Waals surface area (Å²) >= 11 is 0. The van der Waals surface area contributed by atoms with Crippen molar-refractivity contribution in [2.45, 2.75) is 0 Å². The van der Waals surface area contributed by atoms with Crippen molar-refractivity contribution in [1.29, 1.82) is 5.26 Å². The molecule has 2 aromatic heterocycles. The Morgan fingerprint density at radius 2 is 2.00 bits per heavy atom. The average Bonchev–Trinajstić information content (AvgIpc) is 2.72. The summed E-state index contributed by atoms with van der Waals surface area (Å²) < 4.78 is 10.9. The fourth-order valence-electron chi connectivity index (χ4n) is 2.95. The van der Waals surface area contributed by atoms with Gasteiger partial charge in [0, 0.05) is 18.7 Å². The molecule has 1 fully saturated rings. The van der Waals surface area contributed by atoms with E-state index in [1.165, 1.54) is 0 Å². The van der Waals surface area contributed by atoms with E-state index in [-0.39, 0.29) is 12.6 Å². The molecule has 9 heteroatoms. The molecular weight excluding hydrogens is 346 g/mol. The SMILES string of the molecule is N#CCOc1ccccc1-c1cnc2nc(N)nc(N3CCOCC3)c2n1. The average molecular weight is 363 g/mol. The van der Waals surface area contributed by atoms with Gasteiger partial charge in [0.05, 0.1) is 25.1 Å². The van der Waals surface area contributed by atoms with E-state index >= 15 is 0 Å². The lowest BCUT2D eigenvalue weighted by molar-refractivity contribution is 0.122. The minimum absolute atomic E-state index is 0.0449. The third-order valence-corrected chi connectivity index (χ3v) is 4.17. The summed E-state index contributed by atoms with van der Waals surface area (Å²) in [6.07, 6.45) is 1.62. The minimum atomic E-state index is -0.0449. The van der Waals surface area contributed by atoms with E-state index in [4.69, 9.17) is 25.5 Å². The summed E-state index contributed by atoms with van der Waals surface area (Å²) in [5.74, 6) is 1.37. The van der Waals surface area contributed by atoms with Gasteiger partial charge in [0.15, 0.2) is 23.6 Å². The second-order valence-electron chi connectivity index (χ2n) is 5.88. The van der Waals surface area contributed by atoms with Crippen LogP contribution >= 0.6 is 0 Å². The highest BCUT2D eigenvalue weighted by Crippen LogP contribution is 2.31. The third kappa shape index (κ3) is 3.43. The summed E-state index contributed by atoms with van der Waals surface area (Å²) in [5, 5.41) is 8.79. The van der Waals surface area contributed by atoms with Gasteiger partial charge in [0.1, 0.15) is 11.8 Å². The summed E-state index contributed by atoms with van der Waals surface area (Å²) in [6, 6.07) is 9.35. The Morgan fingerprint density at radius 3 is 2.81 bits per heavy atom. The van der Waals surface area contributed by atoms with Crippen molar-refractivity contribution in [3.05, 3.63) is 30.5 Å². The molecule has 0 atom stereocenters. The highest BCUT2D eigenvalue weighted by Gasteiger charge is 2.19. The Balaban J connectivity index is 1.83. The smallest absolute Gasteiger partial charge is 0.224 e. The van der Waals surface area contributed by atoms with Gasteiger partial charge >= 0.3 is 0 Å². The quantitative estimate of drug-likeness (QED) is 0.732.